The molecule has 0 aromatic heterocycles. The number of hydrogen-bond acceptors (Lipinski definition) is 2. The number of anilines is 2. The summed E-state index contributed by atoms with van der Waals surface area (Å²) in [6, 6.07) is 11.2. The molecule has 2 N–H and O–H groups in total. The van der Waals surface area contributed by atoms with Gasteiger partial charge in [0.25, 0.3) is 0 Å². The number of likely N-dealkylation sites (tertiary alicyclic amines) is 1. The lowest BCUT2D eigenvalue weighted by molar-refractivity contribution is -0.114. The number of nitrogens with zero attached hydrogens (tertiary/aromatic N) is 1. The Morgan fingerprint density at radius 1 is 1.19 bits per heavy atom. The number of carbonyl (C=O) groups is 2. The molecule has 1 unspecified atom stereocenters. The molecule has 1 aliphatic heterocycles. The van der Waals surface area contributed by atoms with Crippen LogP contribution >= 0.6 is 11.6 Å². The molecule has 1 heterocycles. The van der Waals surface area contributed by atoms with Crippen LogP contribution in [0, 0.1) is 5.82 Å². The molecule has 3 rings (SSSR count). The van der Waals surface area contributed by atoms with Gasteiger partial charge >= 0.3 is 6.03 Å². The SMILES string of the molecule is CC(=O)Nc1cc(NC(=O)N2CCCC2c2cccc(Cl)c2)ccc1F. The van der Waals surface area contributed by atoms with Crippen molar-refractivity contribution in [1.29, 1.82) is 0 Å². The molecule has 0 radical (unpaired) electrons. The second-order valence-corrected chi connectivity index (χ2v) is 6.65. The summed E-state index contributed by atoms with van der Waals surface area (Å²) >= 11 is 6.07. The van der Waals surface area contributed by atoms with E-state index in [4.69, 9.17) is 11.6 Å². The Morgan fingerprint density at radius 2 is 2.00 bits per heavy atom. The molecule has 1 aliphatic rings. The van der Waals surface area contributed by atoms with Crippen LogP contribution in [-0.4, -0.2) is 23.4 Å². The molecule has 1 fully saturated rings. The summed E-state index contributed by atoms with van der Waals surface area (Å²) in [6.45, 7) is 1.92. The summed E-state index contributed by atoms with van der Waals surface area (Å²) in [6.07, 6.45) is 1.75. The summed E-state index contributed by atoms with van der Waals surface area (Å²) < 4.78 is 13.7. The molecule has 0 saturated carbocycles. The Balaban J connectivity index is 1.76. The third kappa shape index (κ3) is 4.14. The van der Waals surface area contributed by atoms with E-state index in [-0.39, 0.29) is 23.7 Å². The monoisotopic (exact) mass is 375 g/mol. The van der Waals surface area contributed by atoms with Crippen molar-refractivity contribution in [3.63, 3.8) is 0 Å². The van der Waals surface area contributed by atoms with Crippen LogP contribution in [0.2, 0.25) is 5.02 Å². The molecular weight excluding hydrogens is 357 g/mol. The summed E-state index contributed by atoms with van der Waals surface area (Å²) in [5.74, 6) is -0.941. The van der Waals surface area contributed by atoms with Gasteiger partial charge in [0.2, 0.25) is 5.91 Å². The molecule has 26 heavy (non-hydrogen) atoms. The number of carbonyl (C=O) groups excluding carboxylic acids is 2. The zero-order chi connectivity index (χ0) is 18.7. The predicted octanol–water partition coefficient (Wildman–Crippen LogP) is 4.81. The van der Waals surface area contributed by atoms with E-state index in [9.17, 15) is 14.0 Å². The topological polar surface area (TPSA) is 61.4 Å². The van der Waals surface area contributed by atoms with Crippen LogP contribution in [0.1, 0.15) is 31.4 Å². The highest BCUT2D eigenvalue weighted by Gasteiger charge is 2.30. The minimum absolute atomic E-state index is 0.0307. The van der Waals surface area contributed by atoms with Crippen molar-refractivity contribution in [2.75, 3.05) is 17.2 Å². The van der Waals surface area contributed by atoms with Crippen LogP contribution in [0.3, 0.4) is 0 Å². The summed E-state index contributed by atoms with van der Waals surface area (Å²) in [7, 11) is 0. The zero-order valence-corrected chi connectivity index (χ0v) is 15.0. The maximum Gasteiger partial charge on any atom is 0.322 e. The van der Waals surface area contributed by atoms with E-state index in [0.29, 0.717) is 17.3 Å². The maximum atomic E-state index is 13.7. The number of halogens is 2. The average Bonchev–Trinajstić information content (AvgIpc) is 3.07. The normalized spacial score (nSPS) is 16.4. The molecule has 0 bridgehead atoms. The lowest BCUT2D eigenvalue weighted by Crippen LogP contribution is -2.34. The molecule has 2 aromatic carbocycles. The van der Waals surface area contributed by atoms with Crippen molar-refractivity contribution in [2.24, 2.45) is 0 Å². The van der Waals surface area contributed by atoms with Crippen LogP contribution in [0.15, 0.2) is 42.5 Å². The fourth-order valence-electron chi connectivity index (χ4n) is 3.15. The van der Waals surface area contributed by atoms with Crippen LogP contribution in [0.5, 0.6) is 0 Å². The van der Waals surface area contributed by atoms with Crippen molar-refractivity contribution in [1.82, 2.24) is 4.90 Å². The second kappa shape index (κ2) is 7.74. The number of rotatable bonds is 3. The Bertz CT molecular complexity index is 843. The fraction of sp³-hybridized carbons (Fsp3) is 0.263. The molecule has 5 nitrogen and oxygen atoms in total. The summed E-state index contributed by atoms with van der Waals surface area (Å²) in [5, 5.41) is 5.81. The Hall–Kier alpha value is -2.60. The maximum absolute atomic E-state index is 13.7. The number of urea groups is 1. The predicted molar refractivity (Wildman–Crippen MR) is 99.9 cm³/mol. The molecule has 0 spiro atoms. The van der Waals surface area contributed by atoms with Crippen LogP contribution in [0.4, 0.5) is 20.6 Å². The van der Waals surface area contributed by atoms with Gasteiger partial charge in [-0.1, -0.05) is 23.7 Å². The van der Waals surface area contributed by atoms with Crippen molar-refractivity contribution in [2.45, 2.75) is 25.8 Å². The van der Waals surface area contributed by atoms with Gasteiger partial charge in [0.15, 0.2) is 0 Å². The second-order valence-electron chi connectivity index (χ2n) is 6.21. The summed E-state index contributed by atoms with van der Waals surface area (Å²) in [4.78, 5) is 25.6. The van der Waals surface area contributed by atoms with Gasteiger partial charge in [0.1, 0.15) is 5.82 Å². The number of amides is 3. The molecule has 0 aliphatic carbocycles. The van der Waals surface area contributed by atoms with Crippen molar-refractivity contribution in [3.8, 4) is 0 Å². The number of nitrogens with one attached hydrogen (secondary N) is 2. The third-order valence-electron chi connectivity index (χ3n) is 4.28. The molecule has 3 amide bonds. The Labute approximate surface area is 156 Å². The highest BCUT2D eigenvalue weighted by atomic mass is 35.5. The lowest BCUT2D eigenvalue weighted by Gasteiger charge is -2.25. The van der Waals surface area contributed by atoms with Gasteiger partial charge in [-0.15, -0.1) is 0 Å². The number of hydrogen-bond donors (Lipinski definition) is 2. The molecule has 1 atom stereocenters. The van der Waals surface area contributed by atoms with Crippen LogP contribution in [0.25, 0.3) is 0 Å². The zero-order valence-electron chi connectivity index (χ0n) is 14.3. The van der Waals surface area contributed by atoms with E-state index in [1.165, 1.54) is 25.1 Å². The van der Waals surface area contributed by atoms with E-state index in [1.807, 2.05) is 18.2 Å². The average molecular weight is 376 g/mol. The smallest absolute Gasteiger partial charge is 0.322 e. The first-order chi connectivity index (χ1) is 12.4. The van der Waals surface area contributed by atoms with Gasteiger partial charge in [-0.3, -0.25) is 4.79 Å². The van der Waals surface area contributed by atoms with Gasteiger partial charge in [0, 0.05) is 24.2 Å². The Morgan fingerprint density at radius 3 is 2.73 bits per heavy atom. The van der Waals surface area contributed by atoms with E-state index in [1.54, 1.807) is 11.0 Å². The molecule has 136 valence electrons. The van der Waals surface area contributed by atoms with E-state index in [2.05, 4.69) is 10.6 Å². The summed E-state index contributed by atoms with van der Waals surface area (Å²) in [5.41, 5.74) is 1.43. The first-order valence-corrected chi connectivity index (χ1v) is 8.72. The van der Waals surface area contributed by atoms with Gasteiger partial charge < -0.3 is 15.5 Å². The quantitative estimate of drug-likeness (QED) is 0.808. The van der Waals surface area contributed by atoms with Gasteiger partial charge in [-0.25, -0.2) is 9.18 Å². The fourth-order valence-corrected chi connectivity index (χ4v) is 3.35. The lowest BCUT2D eigenvalue weighted by atomic mass is 10.1. The van der Waals surface area contributed by atoms with Crippen molar-refractivity contribution in [3.05, 3.63) is 58.9 Å². The molecule has 7 heteroatoms. The minimum atomic E-state index is -0.559. The van der Waals surface area contributed by atoms with Crippen LogP contribution in [-0.2, 0) is 4.79 Å². The van der Waals surface area contributed by atoms with Crippen LogP contribution < -0.4 is 10.6 Å². The molecule has 1 saturated heterocycles. The standard InChI is InChI=1S/C19H19ClFN3O2/c1-12(25)22-17-11-15(7-8-16(17)21)23-19(26)24-9-3-6-18(24)13-4-2-5-14(20)10-13/h2,4-5,7-8,10-11,18H,3,6,9H2,1H3,(H,22,25)(H,23,26). The van der Waals surface area contributed by atoms with Gasteiger partial charge in [0.05, 0.1) is 11.7 Å². The largest absolute Gasteiger partial charge is 0.324 e. The highest BCUT2D eigenvalue weighted by Crippen LogP contribution is 2.33. The Kier molecular flexibility index (Phi) is 5.42. The first kappa shape index (κ1) is 18.2. The first-order valence-electron chi connectivity index (χ1n) is 8.34. The number of benzene rings is 2. The van der Waals surface area contributed by atoms with E-state index < -0.39 is 5.82 Å². The third-order valence-corrected chi connectivity index (χ3v) is 4.51. The molecule has 2 aromatic rings. The minimum Gasteiger partial charge on any atom is -0.324 e. The van der Waals surface area contributed by atoms with Crippen molar-refractivity contribution >= 4 is 34.9 Å². The van der Waals surface area contributed by atoms with E-state index >= 15 is 0 Å². The van der Waals surface area contributed by atoms with Crippen molar-refractivity contribution < 1.29 is 14.0 Å². The van der Waals surface area contributed by atoms with Gasteiger partial charge in [-0.05, 0) is 48.7 Å². The van der Waals surface area contributed by atoms with Gasteiger partial charge in [-0.2, -0.15) is 0 Å². The molecular formula is C19H19ClFN3O2. The van der Waals surface area contributed by atoms with E-state index in [0.717, 1.165) is 18.4 Å². The highest BCUT2D eigenvalue weighted by molar-refractivity contribution is 6.30.